The van der Waals surface area contributed by atoms with E-state index < -0.39 is 0 Å². The van der Waals surface area contributed by atoms with Gasteiger partial charge in [0.25, 0.3) is 0 Å². The highest BCUT2D eigenvalue weighted by atomic mass is 79.9. The summed E-state index contributed by atoms with van der Waals surface area (Å²) >= 11 is 3.34. The third-order valence-corrected chi connectivity index (χ3v) is 2.76. The molecule has 2 rings (SSSR count). The molecule has 0 saturated carbocycles. The fourth-order valence-corrected chi connectivity index (χ4v) is 1.73. The van der Waals surface area contributed by atoms with E-state index in [4.69, 9.17) is 4.74 Å². The molecule has 0 bridgehead atoms. The number of halogens is 1. The van der Waals surface area contributed by atoms with Crippen LogP contribution in [0.4, 0.5) is 0 Å². The van der Waals surface area contributed by atoms with Crippen LogP contribution >= 0.6 is 15.9 Å². The minimum absolute atomic E-state index is 0.512. The molecular formula is C12H11BrN2O2. The van der Waals surface area contributed by atoms with Crippen molar-refractivity contribution in [3.8, 4) is 11.5 Å². The van der Waals surface area contributed by atoms with E-state index in [2.05, 4.69) is 21.0 Å². The van der Waals surface area contributed by atoms with Crippen molar-refractivity contribution in [1.29, 1.82) is 0 Å². The van der Waals surface area contributed by atoms with Crippen molar-refractivity contribution in [3.63, 3.8) is 0 Å². The first-order valence-electron chi connectivity index (χ1n) is 5.18. The third-order valence-electron chi connectivity index (χ3n) is 2.26. The fraction of sp³-hybridized carbons (Fsp3) is 0.167. The maximum Gasteiger partial charge on any atom is 0.165 e. The average molecular weight is 295 g/mol. The van der Waals surface area contributed by atoms with Crippen LogP contribution in [0.5, 0.6) is 11.5 Å². The van der Waals surface area contributed by atoms with Crippen molar-refractivity contribution in [2.45, 2.75) is 13.5 Å². The lowest BCUT2D eigenvalue weighted by molar-refractivity contribution is 0.112. The van der Waals surface area contributed by atoms with Gasteiger partial charge in [0, 0.05) is 11.0 Å². The summed E-state index contributed by atoms with van der Waals surface area (Å²) < 4.78 is 8.24. The number of ether oxygens (including phenoxy) is 1. The van der Waals surface area contributed by atoms with Crippen LogP contribution in [-0.4, -0.2) is 16.1 Å². The second-order valence-electron chi connectivity index (χ2n) is 3.43. The summed E-state index contributed by atoms with van der Waals surface area (Å²) in [5.74, 6) is 1.14. The maximum absolute atomic E-state index is 10.9. The van der Waals surface area contributed by atoms with Gasteiger partial charge in [0.1, 0.15) is 5.75 Å². The first kappa shape index (κ1) is 11.9. The second kappa shape index (κ2) is 5.14. The van der Waals surface area contributed by atoms with Crippen molar-refractivity contribution in [3.05, 3.63) is 40.6 Å². The molecule has 5 heteroatoms. The standard InChI is InChI=1S/C12H11BrN2O2/c1-2-15-7-11(6-14-15)17-12-5-10(13)4-3-9(12)8-16/h3-8H,2H2,1H3. The Morgan fingerprint density at radius 1 is 1.53 bits per heavy atom. The minimum Gasteiger partial charge on any atom is -0.453 e. The predicted molar refractivity (Wildman–Crippen MR) is 67.5 cm³/mol. The van der Waals surface area contributed by atoms with E-state index in [1.807, 2.05) is 6.92 Å². The molecule has 0 amide bonds. The third kappa shape index (κ3) is 2.74. The molecule has 2 aromatic rings. The highest BCUT2D eigenvalue weighted by Crippen LogP contribution is 2.27. The van der Waals surface area contributed by atoms with E-state index >= 15 is 0 Å². The first-order valence-corrected chi connectivity index (χ1v) is 5.97. The number of carbonyl (C=O) groups excluding carboxylic acids is 1. The van der Waals surface area contributed by atoms with Gasteiger partial charge in [-0.25, -0.2) is 0 Å². The molecule has 1 aromatic carbocycles. The van der Waals surface area contributed by atoms with Gasteiger partial charge < -0.3 is 4.74 Å². The lowest BCUT2D eigenvalue weighted by atomic mass is 10.2. The van der Waals surface area contributed by atoms with Gasteiger partial charge >= 0.3 is 0 Å². The van der Waals surface area contributed by atoms with Gasteiger partial charge in [-0.05, 0) is 25.1 Å². The zero-order chi connectivity index (χ0) is 12.3. The molecule has 1 heterocycles. The minimum atomic E-state index is 0.512. The Morgan fingerprint density at radius 2 is 2.35 bits per heavy atom. The largest absolute Gasteiger partial charge is 0.453 e. The summed E-state index contributed by atoms with van der Waals surface area (Å²) in [5.41, 5.74) is 0.512. The van der Waals surface area contributed by atoms with Crippen LogP contribution in [-0.2, 0) is 6.54 Å². The van der Waals surface area contributed by atoms with Crippen LogP contribution in [0.15, 0.2) is 35.1 Å². The summed E-state index contributed by atoms with van der Waals surface area (Å²) in [7, 11) is 0. The van der Waals surface area contributed by atoms with Crippen LogP contribution < -0.4 is 4.74 Å². The number of aromatic nitrogens is 2. The number of aldehydes is 1. The highest BCUT2D eigenvalue weighted by molar-refractivity contribution is 9.10. The average Bonchev–Trinajstić information content (AvgIpc) is 2.77. The van der Waals surface area contributed by atoms with Gasteiger partial charge in [-0.15, -0.1) is 0 Å². The monoisotopic (exact) mass is 294 g/mol. The molecule has 0 spiro atoms. The Bertz CT molecular complexity index is 537. The Balaban J connectivity index is 2.28. The Morgan fingerprint density at radius 3 is 3.00 bits per heavy atom. The highest BCUT2D eigenvalue weighted by Gasteiger charge is 2.06. The molecule has 0 fully saturated rings. The predicted octanol–water partition coefficient (Wildman–Crippen LogP) is 3.27. The quantitative estimate of drug-likeness (QED) is 0.813. The Kier molecular flexibility index (Phi) is 3.58. The van der Waals surface area contributed by atoms with Crippen LogP contribution in [0, 0.1) is 0 Å². The number of benzene rings is 1. The number of rotatable bonds is 4. The number of nitrogens with zero attached hydrogens (tertiary/aromatic N) is 2. The molecular weight excluding hydrogens is 284 g/mol. The number of hydrogen-bond acceptors (Lipinski definition) is 3. The molecule has 0 unspecified atom stereocenters. The molecule has 17 heavy (non-hydrogen) atoms. The summed E-state index contributed by atoms with van der Waals surface area (Å²) in [6, 6.07) is 5.26. The first-order chi connectivity index (χ1) is 8.22. The van der Waals surface area contributed by atoms with Crippen molar-refractivity contribution < 1.29 is 9.53 Å². The van der Waals surface area contributed by atoms with Gasteiger partial charge in [-0.2, -0.15) is 5.10 Å². The SMILES string of the molecule is CCn1cc(Oc2cc(Br)ccc2C=O)cn1. The topological polar surface area (TPSA) is 44.1 Å². The van der Waals surface area contributed by atoms with Crippen LogP contribution in [0.3, 0.4) is 0 Å². The number of carbonyl (C=O) groups is 1. The summed E-state index contributed by atoms with van der Waals surface area (Å²) in [6.07, 6.45) is 4.18. The lowest BCUT2D eigenvalue weighted by Gasteiger charge is -2.05. The molecule has 0 aliphatic carbocycles. The zero-order valence-electron chi connectivity index (χ0n) is 9.26. The molecule has 1 aromatic heterocycles. The second-order valence-corrected chi connectivity index (χ2v) is 4.35. The zero-order valence-corrected chi connectivity index (χ0v) is 10.8. The molecule has 4 nitrogen and oxygen atoms in total. The van der Waals surface area contributed by atoms with Gasteiger partial charge in [-0.1, -0.05) is 15.9 Å². The molecule has 0 aliphatic heterocycles. The Hall–Kier alpha value is -1.62. The van der Waals surface area contributed by atoms with Crippen molar-refractivity contribution in [2.24, 2.45) is 0 Å². The number of hydrogen-bond donors (Lipinski definition) is 0. The van der Waals surface area contributed by atoms with Crippen LogP contribution in [0.25, 0.3) is 0 Å². The summed E-state index contributed by atoms with van der Waals surface area (Å²) in [4.78, 5) is 10.9. The fourth-order valence-electron chi connectivity index (χ4n) is 1.39. The van der Waals surface area contributed by atoms with E-state index in [0.29, 0.717) is 17.1 Å². The van der Waals surface area contributed by atoms with E-state index in [-0.39, 0.29) is 0 Å². The molecule has 0 atom stereocenters. The normalized spacial score (nSPS) is 10.2. The molecule has 0 N–H and O–H groups in total. The van der Waals surface area contributed by atoms with Gasteiger partial charge in [-0.3, -0.25) is 9.48 Å². The molecule has 88 valence electrons. The number of aryl methyl sites for hydroxylation is 1. The smallest absolute Gasteiger partial charge is 0.165 e. The maximum atomic E-state index is 10.9. The van der Waals surface area contributed by atoms with Crippen LogP contribution in [0.2, 0.25) is 0 Å². The van der Waals surface area contributed by atoms with Gasteiger partial charge in [0.05, 0.1) is 18.0 Å². The van der Waals surface area contributed by atoms with E-state index in [0.717, 1.165) is 17.3 Å². The Labute approximate surface area is 107 Å². The molecule has 0 radical (unpaired) electrons. The van der Waals surface area contributed by atoms with Gasteiger partial charge in [0.2, 0.25) is 0 Å². The van der Waals surface area contributed by atoms with Crippen LogP contribution in [0.1, 0.15) is 17.3 Å². The summed E-state index contributed by atoms with van der Waals surface area (Å²) in [6.45, 7) is 2.77. The van der Waals surface area contributed by atoms with Crippen molar-refractivity contribution >= 4 is 22.2 Å². The summed E-state index contributed by atoms with van der Waals surface area (Å²) in [5, 5.41) is 4.10. The van der Waals surface area contributed by atoms with E-state index in [1.165, 1.54) is 0 Å². The van der Waals surface area contributed by atoms with Gasteiger partial charge in [0.15, 0.2) is 12.0 Å². The lowest BCUT2D eigenvalue weighted by Crippen LogP contribution is -1.92. The van der Waals surface area contributed by atoms with Crippen molar-refractivity contribution in [1.82, 2.24) is 9.78 Å². The molecule has 0 saturated heterocycles. The van der Waals surface area contributed by atoms with E-state index in [9.17, 15) is 4.79 Å². The van der Waals surface area contributed by atoms with Crippen molar-refractivity contribution in [2.75, 3.05) is 0 Å². The molecule has 0 aliphatic rings. The van der Waals surface area contributed by atoms with E-state index in [1.54, 1.807) is 35.3 Å².